The standard InChI is InChI=1S/C16H22N4O2S.ClH/c1-11-4-6-13(7-5-11)18-15(21)9-23-10-16-19-14(20-22-16)8-12(2)17-3;/h4-7,12,17H,8-10H2,1-3H3,(H,18,21);1H. The molecule has 0 fully saturated rings. The van der Waals surface area contributed by atoms with Crippen LogP contribution in [0.15, 0.2) is 28.8 Å². The number of nitrogens with one attached hydrogen (secondary N) is 2. The highest BCUT2D eigenvalue weighted by Crippen LogP contribution is 2.13. The van der Waals surface area contributed by atoms with E-state index in [1.165, 1.54) is 11.8 Å². The Balaban J connectivity index is 0.00000288. The Morgan fingerprint density at radius 2 is 2.04 bits per heavy atom. The minimum absolute atomic E-state index is 0. The zero-order valence-corrected chi connectivity index (χ0v) is 15.7. The second-order valence-corrected chi connectivity index (χ2v) is 6.39. The lowest BCUT2D eigenvalue weighted by atomic mass is 10.2. The summed E-state index contributed by atoms with van der Waals surface area (Å²) in [5.41, 5.74) is 1.97. The number of rotatable bonds is 8. The molecule has 2 N–H and O–H groups in total. The van der Waals surface area contributed by atoms with E-state index in [9.17, 15) is 4.79 Å². The summed E-state index contributed by atoms with van der Waals surface area (Å²) < 4.78 is 5.18. The summed E-state index contributed by atoms with van der Waals surface area (Å²) in [7, 11) is 1.90. The highest BCUT2D eigenvalue weighted by molar-refractivity contribution is 7.99. The van der Waals surface area contributed by atoms with Crippen LogP contribution in [0.2, 0.25) is 0 Å². The zero-order chi connectivity index (χ0) is 16.7. The number of carbonyl (C=O) groups is 1. The molecule has 132 valence electrons. The van der Waals surface area contributed by atoms with Crippen molar-refractivity contribution in [2.24, 2.45) is 0 Å². The summed E-state index contributed by atoms with van der Waals surface area (Å²) in [6.07, 6.45) is 0.721. The van der Waals surface area contributed by atoms with Gasteiger partial charge < -0.3 is 15.2 Å². The van der Waals surface area contributed by atoms with E-state index >= 15 is 0 Å². The molecule has 0 aliphatic rings. The number of hydrogen-bond acceptors (Lipinski definition) is 6. The minimum atomic E-state index is -0.0394. The number of aryl methyl sites for hydroxylation is 1. The third-order valence-corrected chi connectivity index (χ3v) is 4.20. The van der Waals surface area contributed by atoms with Crippen LogP contribution in [0, 0.1) is 6.92 Å². The van der Waals surface area contributed by atoms with E-state index in [4.69, 9.17) is 4.52 Å². The largest absolute Gasteiger partial charge is 0.338 e. The van der Waals surface area contributed by atoms with Gasteiger partial charge in [-0.25, -0.2) is 0 Å². The highest BCUT2D eigenvalue weighted by atomic mass is 35.5. The molecule has 0 spiro atoms. The maximum Gasteiger partial charge on any atom is 0.236 e. The quantitative estimate of drug-likeness (QED) is 0.743. The molecule has 0 saturated heterocycles. The Kier molecular flexibility index (Phi) is 8.81. The Hall–Kier alpha value is -1.57. The molecule has 0 saturated carbocycles. The molecular formula is C16H23ClN4O2S. The Bertz CT molecular complexity index is 633. The van der Waals surface area contributed by atoms with Crippen LogP contribution in [0.1, 0.15) is 24.2 Å². The van der Waals surface area contributed by atoms with E-state index in [0.29, 0.717) is 29.3 Å². The van der Waals surface area contributed by atoms with Gasteiger partial charge in [-0.3, -0.25) is 4.79 Å². The number of carbonyl (C=O) groups excluding carboxylic acids is 1. The van der Waals surface area contributed by atoms with Crippen LogP contribution < -0.4 is 10.6 Å². The molecule has 2 rings (SSSR count). The number of aromatic nitrogens is 2. The Morgan fingerprint density at radius 1 is 1.33 bits per heavy atom. The number of likely N-dealkylation sites (N-methyl/N-ethyl adjacent to an activating group) is 1. The third-order valence-electron chi connectivity index (χ3n) is 3.29. The van der Waals surface area contributed by atoms with Gasteiger partial charge in [-0.05, 0) is 33.0 Å². The van der Waals surface area contributed by atoms with Crippen LogP contribution >= 0.6 is 24.2 Å². The molecule has 24 heavy (non-hydrogen) atoms. The van der Waals surface area contributed by atoms with E-state index in [1.54, 1.807) is 0 Å². The molecule has 1 aromatic carbocycles. The zero-order valence-electron chi connectivity index (χ0n) is 14.0. The molecule has 1 aromatic heterocycles. The van der Waals surface area contributed by atoms with Crippen molar-refractivity contribution in [3.63, 3.8) is 0 Å². The molecule has 0 bridgehead atoms. The SMILES string of the molecule is CNC(C)Cc1noc(CSCC(=O)Nc2ccc(C)cc2)n1.Cl. The van der Waals surface area contributed by atoms with Crippen molar-refractivity contribution in [2.45, 2.75) is 32.1 Å². The fraction of sp³-hybridized carbons (Fsp3) is 0.438. The average molecular weight is 371 g/mol. The Morgan fingerprint density at radius 3 is 2.71 bits per heavy atom. The average Bonchev–Trinajstić information content (AvgIpc) is 2.97. The maximum absolute atomic E-state index is 11.9. The molecule has 8 heteroatoms. The van der Waals surface area contributed by atoms with Crippen LogP contribution in [-0.2, 0) is 17.0 Å². The molecule has 0 radical (unpaired) electrons. The van der Waals surface area contributed by atoms with Crippen LogP contribution in [0.25, 0.3) is 0 Å². The number of hydrogen-bond donors (Lipinski definition) is 2. The number of amides is 1. The monoisotopic (exact) mass is 370 g/mol. The summed E-state index contributed by atoms with van der Waals surface area (Å²) in [4.78, 5) is 16.2. The highest BCUT2D eigenvalue weighted by Gasteiger charge is 2.10. The number of nitrogens with zero attached hydrogens (tertiary/aromatic N) is 2. The van der Waals surface area contributed by atoms with Gasteiger partial charge in [0, 0.05) is 18.2 Å². The van der Waals surface area contributed by atoms with Crippen molar-refractivity contribution < 1.29 is 9.32 Å². The first kappa shape index (κ1) is 20.5. The Labute approximate surface area is 152 Å². The molecule has 1 heterocycles. The van der Waals surface area contributed by atoms with Gasteiger partial charge in [-0.2, -0.15) is 4.98 Å². The maximum atomic E-state index is 11.9. The van der Waals surface area contributed by atoms with Crippen LogP contribution in [0.5, 0.6) is 0 Å². The minimum Gasteiger partial charge on any atom is -0.338 e. The van der Waals surface area contributed by atoms with E-state index in [1.807, 2.05) is 38.2 Å². The van der Waals surface area contributed by atoms with E-state index in [0.717, 1.165) is 17.7 Å². The molecule has 0 aliphatic carbocycles. The van der Waals surface area contributed by atoms with Gasteiger partial charge in [0.15, 0.2) is 5.82 Å². The first-order valence-corrected chi connectivity index (χ1v) is 8.65. The second-order valence-electron chi connectivity index (χ2n) is 5.41. The summed E-state index contributed by atoms with van der Waals surface area (Å²) in [5, 5.41) is 9.93. The lowest BCUT2D eigenvalue weighted by Crippen LogP contribution is -2.24. The van der Waals surface area contributed by atoms with Gasteiger partial charge in [-0.15, -0.1) is 24.2 Å². The van der Waals surface area contributed by atoms with Gasteiger partial charge in [-0.1, -0.05) is 22.9 Å². The molecule has 1 amide bonds. The molecule has 0 aliphatic heterocycles. The summed E-state index contributed by atoms with van der Waals surface area (Å²) in [6.45, 7) is 4.07. The molecule has 1 unspecified atom stereocenters. The second kappa shape index (κ2) is 10.3. The molecule has 1 atom stereocenters. The van der Waals surface area contributed by atoms with E-state index < -0.39 is 0 Å². The first-order valence-electron chi connectivity index (χ1n) is 7.50. The van der Waals surface area contributed by atoms with Crippen molar-refractivity contribution >= 4 is 35.8 Å². The molecule has 2 aromatic rings. The van der Waals surface area contributed by atoms with Crippen LogP contribution in [-0.4, -0.2) is 34.9 Å². The lowest BCUT2D eigenvalue weighted by Gasteiger charge is -2.05. The van der Waals surface area contributed by atoms with Crippen LogP contribution in [0.4, 0.5) is 5.69 Å². The number of halogens is 1. The predicted molar refractivity (Wildman–Crippen MR) is 99.7 cm³/mol. The van der Waals surface area contributed by atoms with Gasteiger partial charge in [0.05, 0.1) is 11.5 Å². The smallest absolute Gasteiger partial charge is 0.236 e. The van der Waals surface area contributed by atoms with Crippen molar-refractivity contribution in [1.29, 1.82) is 0 Å². The van der Waals surface area contributed by atoms with Crippen molar-refractivity contribution in [1.82, 2.24) is 15.5 Å². The fourth-order valence-electron chi connectivity index (χ4n) is 1.87. The number of anilines is 1. The van der Waals surface area contributed by atoms with Crippen LogP contribution in [0.3, 0.4) is 0 Å². The summed E-state index contributed by atoms with van der Waals surface area (Å²) >= 11 is 1.45. The molecule has 6 nitrogen and oxygen atoms in total. The van der Waals surface area contributed by atoms with Gasteiger partial charge >= 0.3 is 0 Å². The van der Waals surface area contributed by atoms with Crippen molar-refractivity contribution in [3.8, 4) is 0 Å². The predicted octanol–water partition coefficient (Wildman–Crippen LogP) is 2.82. The van der Waals surface area contributed by atoms with Gasteiger partial charge in [0.25, 0.3) is 0 Å². The summed E-state index contributed by atoms with van der Waals surface area (Å²) in [6, 6.07) is 8.02. The lowest BCUT2D eigenvalue weighted by molar-refractivity contribution is -0.113. The summed E-state index contributed by atoms with van der Waals surface area (Å²) in [5.74, 6) is 2.08. The van der Waals surface area contributed by atoms with E-state index in [2.05, 4.69) is 27.7 Å². The topological polar surface area (TPSA) is 80.0 Å². The fourth-order valence-corrected chi connectivity index (χ4v) is 2.52. The van der Waals surface area contributed by atoms with Crippen molar-refractivity contribution in [2.75, 3.05) is 18.1 Å². The normalized spacial score (nSPS) is 11.6. The van der Waals surface area contributed by atoms with Gasteiger partial charge in [0.2, 0.25) is 11.8 Å². The molecular weight excluding hydrogens is 348 g/mol. The first-order chi connectivity index (χ1) is 11.1. The number of benzene rings is 1. The van der Waals surface area contributed by atoms with Crippen molar-refractivity contribution in [3.05, 3.63) is 41.5 Å². The third kappa shape index (κ3) is 6.90. The van der Waals surface area contributed by atoms with Gasteiger partial charge in [0.1, 0.15) is 0 Å². The van der Waals surface area contributed by atoms with E-state index in [-0.39, 0.29) is 18.3 Å². The number of thioether (sulfide) groups is 1.